The summed E-state index contributed by atoms with van der Waals surface area (Å²) in [7, 11) is 0. The lowest BCUT2D eigenvalue weighted by Crippen LogP contribution is -2.08. The number of aromatic hydroxyl groups is 1. The monoisotopic (exact) mass is 208 g/mol. The van der Waals surface area contributed by atoms with Crippen molar-refractivity contribution in [3.8, 4) is 5.75 Å². The zero-order valence-electron chi connectivity index (χ0n) is 7.54. The zero-order chi connectivity index (χ0) is 11.0. The van der Waals surface area contributed by atoms with Crippen LogP contribution in [-0.2, 0) is 4.79 Å². The second kappa shape index (κ2) is 3.29. The van der Waals surface area contributed by atoms with E-state index in [9.17, 15) is 9.90 Å². The van der Waals surface area contributed by atoms with Crippen LogP contribution < -0.4 is 0 Å². The summed E-state index contributed by atoms with van der Waals surface area (Å²) in [5, 5.41) is 27.5. The molecule has 1 aromatic heterocycles. The van der Waals surface area contributed by atoms with E-state index in [-0.39, 0.29) is 11.5 Å². The number of phenols is 1. The summed E-state index contributed by atoms with van der Waals surface area (Å²) in [6.07, 6.45) is -1.68. The van der Waals surface area contributed by atoms with Crippen LogP contribution in [0.15, 0.2) is 28.7 Å². The topological polar surface area (TPSA) is 90.9 Å². The molecule has 0 aliphatic carbocycles. The van der Waals surface area contributed by atoms with Crippen molar-refractivity contribution in [3.63, 3.8) is 0 Å². The number of furan rings is 1. The molecule has 0 spiro atoms. The van der Waals surface area contributed by atoms with Gasteiger partial charge in [-0.3, -0.25) is 0 Å². The zero-order valence-corrected chi connectivity index (χ0v) is 7.54. The number of carboxylic acids is 1. The number of aliphatic hydroxyl groups excluding tert-OH is 1. The minimum absolute atomic E-state index is 0.0215. The Labute approximate surface area is 84.2 Å². The number of fused-ring (bicyclic) bond motifs is 1. The quantitative estimate of drug-likeness (QED) is 0.691. The van der Waals surface area contributed by atoms with Gasteiger partial charge in [-0.25, -0.2) is 4.79 Å². The molecule has 0 bridgehead atoms. The van der Waals surface area contributed by atoms with Gasteiger partial charge in [0.25, 0.3) is 0 Å². The van der Waals surface area contributed by atoms with E-state index in [1.807, 2.05) is 0 Å². The number of benzene rings is 1. The molecule has 0 saturated heterocycles. The molecule has 1 unspecified atom stereocenters. The van der Waals surface area contributed by atoms with E-state index in [2.05, 4.69) is 0 Å². The SMILES string of the molecule is O=C(O)C(O)c1cc2ccc(O)cc2o1. The van der Waals surface area contributed by atoms with Crippen LogP contribution in [0.3, 0.4) is 0 Å². The molecule has 0 aliphatic rings. The fourth-order valence-corrected chi connectivity index (χ4v) is 1.30. The summed E-state index contributed by atoms with van der Waals surface area (Å²) in [6.45, 7) is 0. The molecule has 0 radical (unpaired) electrons. The number of aliphatic hydroxyl groups is 1. The van der Waals surface area contributed by atoms with Crippen LogP contribution in [0.25, 0.3) is 11.0 Å². The molecule has 3 N–H and O–H groups in total. The Kier molecular flexibility index (Phi) is 2.09. The number of aliphatic carboxylic acids is 1. The lowest BCUT2D eigenvalue weighted by molar-refractivity contribution is -0.147. The summed E-state index contributed by atoms with van der Waals surface area (Å²) in [5.74, 6) is -1.41. The van der Waals surface area contributed by atoms with Gasteiger partial charge < -0.3 is 19.7 Å². The molecule has 5 nitrogen and oxygen atoms in total. The normalized spacial score (nSPS) is 12.9. The standard InChI is InChI=1S/C10H8O5/c11-6-2-1-5-3-8(9(12)10(13)14)15-7(5)4-6/h1-4,9,11-12H,(H,13,14). The molecule has 15 heavy (non-hydrogen) atoms. The maximum atomic E-state index is 10.5. The van der Waals surface area contributed by atoms with Crippen molar-refractivity contribution in [2.45, 2.75) is 6.10 Å². The molecule has 0 amide bonds. The van der Waals surface area contributed by atoms with Gasteiger partial charge in [0, 0.05) is 11.5 Å². The molecule has 0 fully saturated rings. The average Bonchev–Trinajstić information content (AvgIpc) is 2.58. The largest absolute Gasteiger partial charge is 0.508 e. The van der Waals surface area contributed by atoms with Crippen molar-refractivity contribution in [2.24, 2.45) is 0 Å². The van der Waals surface area contributed by atoms with Crippen molar-refractivity contribution in [3.05, 3.63) is 30.0 Å². The Balaban J connectivity index is 2.51. The molecule has 5 heteroatoms. The molecule has 1 atom stereocenters. The van der Waals surface area contributed by atoms with Gasteiger partial charge in [-0.15, -0.1) is 0 Å². The van der Waals surface area contributed by atoms with Gasteiger partial charge in [-0.1, -0.05) is 0 Å². The third-order valence-electron chi connectivity index (χ3n) is 2.03. The maximum absolute atomic E-state index is 10.5. The van der Waals surface area contributed by atoms with Crippen molar-refractivity contribution in [1.29, 1.82) is 0 Å². The van der Waals surface area contributed by atoms with Crippen molar-refractivity contribution < 1.29 is 24.5 Å². The average molecular weight is 208 g/mol. The van der Waals surface area contributed by atoms with Crippen LogP contribution in [0.5, 0.6) is 5.75 Å². The Hall–Kier alpha value is -2.01. The highest BCUT2D eigenvalue weighted by Crippen LogP contribution is 2.26. The maximum Gasteiger partial charge on any atom is 0.340 e. The molecule has 0 aliphatic heterocycles. The fraction of sp³-hybridized carbons (Fsp3) is 0.100. The summed E-state index contributed by atoms with van der Waals surface area (Å²) >= 11 is 0. The van der Waals surface area contributed by atoms with E-state index in [0.29, 0.717) is 11.0 Å². The first-order valence-corrected chi connectivity index (χ1v) is 4.21. The Bertz CT molecular complexity index is 514. The van der Waals surface area contributed by atoms with Gasteiger partial charge in [-0.05, 0) is 18.2 Å². The van der Waals surface area contributed by atoms with E-state index in [1.165, 1.54) is 18.2 Å². The lowest BCUT2D eigenvalue weighted by Gasteiger charge is -1.98. The first-order valence-electron chi connectivity index (χ1n) is 4.21. The smallest absolute Gasteiger partial charge is 0.340 e. The van der Waals surface area contributed by atoms with Crippen LogP contribution in [0.2, 0.25) is 0 Å². The third kappa shape index (κ3) is 1.64. The van der Waals surface area contributed by atoms with Gasteiger partial charge in [0.15, 0.2) is 0 Å². The van der Waals surface area contributed by atoms with Gasteiger partial charge in [-0.2, -0.15) is 0 Å². The number of carbonyl (C=O) groups is 1. The molecule has 78 valence electrons. The molecule has 2 rings (SSSR count). The van der Waals surface area contributed by atoms with E-state index < -0.39 is 12.1 Å². The highest BCUT2D eigenvalue weighted by Gasteiger charge is 2.20. The summed E-state index contributed by atoms with van der Waals surface area (Å²) in [4.78, 5) is 10.5. The number of hydrogen-bond acceptors (Lipinski definition) is 4. The second-order valence-corrected chi connectivity index (χ2v) is 3.11. The predicted molar refractivity (Wildman–Crippen MR) is 50.5 cm³/mol. The van der Waals surface area contributed by atoms with Crippen LogP contribution in [-0.4, -0.2) is 21.3 Å². The van der Waals surface area contributed by atoms with E-state index in [4.69, 9.17) is 14.6 Å². The van der Waals surface area contributed by atoms with E-state index >= 15 is 0 Å². The second-order valence-electron chi connectivity index (χ2n) is 3.11. The number of rotatable bonds is 2. The van der Waals surface area contributed by atoms with E-state index in [0.717, 1.165) is 0 Å². The summed E-state index contributed by atoms with van der Waals surface area (Å²) in [5.41, 5.74) is 0.338. The van der Waals surface area contributed by atoms with Gasteiger partial charge in [0.05, 0.1) is 0 Å². The van der Waals surface area contributed by atoms with Crippen LogP contribution in [0.4, 0.5) is 0 Å². The van der Waals surface area contributed by atoms with Crippen molar-refractivity contribution in [1.82, 2.24) is 0 Å². The van der Waals surface area contributed by atoms with Crippen LogP contribution in [0, 0.1) is 0 Å². The Morgan fingerprint density at radius 1 is 1.33 bits per heavy atom. The Morgan fingerprint density at radius 2 is 2.07 bits per heavy atom. The molecular weight excluding hydrogens is 200 g/mol. The van der Waals surface area contributed by atoms with Crippen molar-refractivity contribution >= 4 is 16.9 Å². The van der Waals surface area contributed by atoms with Crippen LogP contribution >= 0.6 is 0 Å². The molecule has 0 saturated carbocycles. The van der Waals surface area contributed by atoms with Gasteiger partial charge in [0.2, 0.25) is 6.10 Å². The molecule has 2 aromatic rings. The Morgan fingerprint density at radius 3 is 2.73 bits per heavy atom. The summed E-state index contributed by atoms with van der Waals surface area (Å²) < 4.78 is 5.08. The fourth-order valence-electron chi connectivity index (χ4n) is 1.30. The number of carboxylic acid groups (broad SMARTS) is 1. The highest BCUT2D eigenvalue weighted by molar-refractivity contribution is 5.81. The van der Waals surface area contributed by atoms with Gasteiger partial charge in [0.1, 0.15) is 17.1 Å². The third-order valence-corrected chi connectivity index (χ3v) is 2.03. The first-order chi connectivity index (χ1) is 7.08. The highest BCUT2D eigenvalue weighted by atomic mass is 16.4. The number of hydrogen-bond donors (Lipinski definition) is 3. The minimum atomic E-state index is -1.68. The summed E-state index contributed by atoms with van der Waals surface area (Å²) in [6, 6.07) is 5.81. The number of phenolic OH excluding ortho intramolecular Hbond substituents is 1. The van der Waals surface area contributed by atoms with Crippen LogP contribution in [0.1, 0.15) is 11.9 Å². The molecule has 1 heterocycles. The van der Waals surface area contributed by atoms with Gasteiger partial charge >= 0.3 is 5.97 Å². The minimum Gasteiger partial charge on any atom is -0.508 e. The molecular formula is C10H8O5. The van der Waals surface area contributed by atoms with E-state index in [1.54, 1.807) is 6.07 Å². The van der Waals surface area contributed by atoms with Crippen molar-refractivity contribution in [2.75, 3.05) is 0 Å². The molecule has 1 aromatic carbocycles. The first kappa shape index (κ1) is 9.54. The predicted octanol–water partition coefficient (Wildman–Crippen LogP) is 1.26. The lowest BCUT2D eigenvalue weighted by atomic mass is 10.2.